The summed E-state index contributed by atoms with van der Waals surface area (Å²) in [5, 5.41) is 0.912. The number of hydrogen-bond donors (Lipinski definition) is 1. The Kier molecular flexibility index (Phi) is 11.7. The summed E-state index contributed by atoms with van der Waals surface area (Å²) in [6.07, 6.45) is 4.05. The molecule has 0 aliphatic rings. The van der Waals surface area contributed by atoms with E-state index < -0.39 is 5.91 Å². The molecule has 1 aromatic heterocycles. The Labute approximate surface area is 142 Å². The second kappa shape index (κ2) is 11.6. The number of nitrogens with zero attached hydrogens (tertiary/aromatic N) is 2. The first-order valence-corrected chi connectivity index (χ1v) is 6.15. The van der Waals surface area contributed by atoms with Crippen molar-refractivity contribution in [3.63, 3.8) is 0 Å². The van der Waals surface area contributed by atoms with Crippen LogP contribution in [-0.4, -0.2) is 22.5 Å². The van der Waals surface area contributed by atoms with E-state index in [-0.39, 0.29) is 30.6 Å². The van der Waals surface area contributed by atoms with Crippen molar-refractivity contribution in [1.82, 2.24) is 9.97 Å². The lowest BCUT2D eigenvalue weighted by Gasteiger charge is -1.99. The molecule has 1 aromatic carbocycles. The molecule has 0 atom stereocenters. The normalized spacial score (nSPS) is 8.14. The molecule has 1 amide bonds. The van der Waals surface area contributed by atoms with Crippen molar-refractivity contribution in [2.24, 2.45) is 5.73 Å². The molecule has 2 aromatic rings. The van der Waals surface area contributed by atoms with Gasteiger partial charge in [0.1, 0.15) is 6.11 Å². The topological polar surface area (TPSA) is 78.1 Å². The zero-order chi connectivity index (χ0) is 15.0. The maximum atomic E-state index is 10.8. The van der Waals surface area contributed by atoms with Crippen LogP contribution in [0.25, 0.3) is 10.9 Å². The molecule has 0 bridgehead atoms. The maximum absolute atomic E-state index is 10.8. The zero-order valence-corrected chi connectivity index (χ0v) is 14.3. The quantitative estimate of drug-likeness (QED) is 0.850. The summed E-state index contributed by atoms with van der Waals surface area (Å²) in [5.74, 6) is 2.05. The minimum Gasteiger partial charge on any atom is -0.447 e. The third-order valence-electron chi connectivity index (χ3n) is 2.27. The molecule has 22 heavy (non-hydrogen) atoms. The summed E-state index contributed by atoms with van der Waals surface area (Å²) < 4.78 is 4.62. The zero-order valence-electron chi connectivity index (χ0n) is 12.6. The van der Waals surface area contributed by atoms with E-state index in [1.807, 2.05) is 32.0 Å². The van der Waals surface area contributed by atoms with Gasteiger partial charge in [-0.15, -0.1) is 24.8 Å². The van der Waals surface area contributed by atoms with Crippen LogP contribution in [0.1, 0.15) is 30.0 Å². The maximum Gasteiger partial charge on any atom is 0.286 e. The fourth-order valence-electron chi connectivity index (χ4n) is 1.42. The van der Waals surface area contributed by atoms with Gasteiger partial charge in [0.15, 0.2) is 0 Å². The number of benzene rings is 1. The van der Waals surface area contributed by atoms with Crippen molar-refractivity contribution in [2.75, 3.05) is 6.61 Å². The number of aromatic nitrogens is 2. The summed E-state index contributed by atoms with van der Waals surface area (Å²) in [7, 11) is 0. The van der Waals surface area contributed by atoms with E-state index in [2.05, 4.69) is 26.7 Å². The summed E-state index contributed by atoms with van der Waals surface area (Å²) >= 11 is 0. The molecule has 0 fully saturated rings. The highest BCUT2D eigenvalue weighted by atomic mass is 35.5. The Bertz CT molecular complexity index is 667. The van der Waals surface area contributed by atoms with Crippen LogP contribution in [0.3, 0.4) is 0 Å². The minimum absolute atomic E-state index is 0. The first kappa shape index (κ1) is 22.3. The predicted octanol–water partition coefficient (Wildman–Crippen LogP) is 2.88. The number of nitrogens with two attached hydrogens (primary N) is 1. The molecule has 0 saturated heterocycles. The van der Waals surface area contributed by atoms with E-state index in [1.54, 1.807) is 13.1 Å². The molecule has 7 heteroatoms. The van der Waals surface area contributed by atoms with Gasteiger partial charge < -0.3 is 10.5 Å². The van der Waals surface area contributed by atoms with E-state index in [0.717, 1.165) is 16.5 Å². The molecule has 0 radical (unpaired) electrons. The Balaban J connectivity index is 0. The van der Waals surface area contributed by atoms with Crippen LogP contribution < -0.4 is 5.73 Å². The van der Waals surface area contributed by atoms with E-state index in [0.29, 0.717) is 6.61 Å². The SMILES string of the molecule is CC#COCC.Cc1ccc2nc(C(N)=O)ncc2c1.Cl.Cl. The lowest BCUT2D eigenvalue weighted by molar-refractivity contribution is 0.0991. The van der Waals surface area contributed by atoms with Gasteiger partial charge in [-0.1, -0.05) is 17.6 Å². The van der Waals surface area contributed by atoms with Crippen LogP contribution in [-0.2, 0) is 4.74 Å². The predicted molar refractivity (Wildman–Crippen MR) is 92.4 cm³/mol. The van der Waals surface area contributed by atoms with E-state index >= 15 is 0 Å². The van der Waals surface area contributed by atoms with E-state index in [1.165, 1.54) is 0 Å². The average Bonchev–Trinajstić information content (AvgIpc) is 2.45. The number of aryl methyl sites for hydroxylation is 1. The number of ether oxygens (including phenoxy) is 1. The van der Waals surface area contributed by atoms with E-state index in [4.69, 9.17) is 5.73 Å². The Morgan fingerprint density at radius 2 is 2.05 bits per heavy atom. The highest BCUT2D eigenvalue weighted by Gasteiger charge is 2.04. The molecule has 0 spiro atoms. The number of carbonyl (C=O) groups is 1. The number of amides is 1. The number of primary amides is 1. The second-order valence-electron chi connectivity index (χ2n) is 3.91. The second-order valence-corrected chi connectivity index (χ2v) is 3.91. The lowest BCUT2D eigenvalue weighted by Crippen LogP contribution is -2.14. The highest BCUT2D eigenvalue weighted by molar-refractivity contribution is 5.91. The molecule has 0 aliphatic carbocycles. The third kappa shape index (κ3) is 7.11. The van der Waals surface area contributed by atoms with Gasteiger partial charge in [0.05, 0.1) is 12.1 Å². The van der Waals surface area contributed by atoms with Gasteiger partial charge >= 0.3 is 0 Å². The molecule has 2 N–H and O–H groups in total. The molecular formula is C15H19Cl2N3O2. The largest absolute Gasteiger partial charge is 0.447 e. The van der Waals surface area contributed by atoms with Crippen LogP contribution >= 0.6 is 24.8 Å². The van der Waals surface area contributed by atoms with Gasteiger partial charge in [-0.05, 0) is 26.0 Å². The summed E-state index contributed by atoms with van der Waals surface area (Å²) in [6.45, 7) is 6.32. The standard InChI is InChI=1S/C10H9N3O.C5H8O.2ClH/c1-6-2-3-8-7(4-6)5-12-10(13-8)9(11)14;1-3-5-6-4-2;;/h2-5H,1H3,(H2,11,14);4H2,1-2H3;2*1H. The molecule has 0 unspecified atom stereocenters. The number of carbonyl (C=O) groups excluding carboxylic acids is 1. The molecular weight excluding hydrogens is 325 g/mol. The van der Waals surface area contributed by atoms with Crippen LogP contribution in [0.15, 0.2) is 24.4 Å². The van der Waals surface area contributed by atoms with Crippen molar-refractivity contribution >= 4 is 41.6 Å². The Morgan fingerprint density at radius 3 is 2.55 bits per heavy atom. The van der Waals surface area contributed by atoms with Crippen LogP contribution in [0.4, 0.5) is 0 Å². The van der Waals surface area contributed by atoms with Gasteiger partial charge in [0.2, 0.25) is 5.82 Å². The van der Waals surface area contributed by atoms with Crippen LogP contribution in [0.2, 0.25) is 0 Å². The van der Waals surface area contributed by atoms with Crippen molar-refractivity contribution in [3.05, 3.63) is 35.8 Å². The summed E-state index contributed by atoms with van der Waals surface area (Å²) in [5.41, 5.74) is 6.94. The molecule has 120 valence electrons. The number of rotatable bonds is 2. The molecule has 5 nitrogen and oxygen atoms in total. The van der Waals surface area contributed by atoms with E-state index in [9.17, 15) is 4.79 Å². The Hall–Kier alpha value is -2.03. The molecule has 2 rings (SSSR count). The number of fused-ring (bicyclic) bond motifs is 1. The van der Waals surface area contributed by atoms with Crippen LogP contribution in [0, 0.1) is 19.0 Å². The minimum atomic E-state index is -0.604. The number of halogens is 2. The van der Waals surface area contributed by atoms with Crippen molar-refractivity contribution in [2.45, 2.75) is 20.8 Å². The fraction of sp³-hybridized carbons (Fsp3) is 0.267. The van der Waals surface area contributed by atoms with Gasteiger partial charge in [0, 0.05) is 18.5 Å². The van der Waals surface area contributed by atoms with Crippen molar-refractivity contribution < 1.29 is 9.53 Å². The van der Waals surface area contributed by atoms with Crippen molar-refractivity contribution in [1.29, 1.82) is 0 Å². The summed E-state index contributed by atoms with van der Waals surface area (Å²) in [4.78, 5) is 18.7. The lowest BCUT2D eigenvalue weighted by atomic mass is 10.2. The van der Waals surface area contributed by atoms with Crippen LogP contribution in [0.5, 0.6) is 0 Å². The van der Waals surface area contributed by atoms with Gasteiger partial charge in [-0.2, -0.15) is 0 Å². The van der Waals surface area contributed by atoms with Gasteiger partial charge in [0.25, 0.3) is 5.91 Å². The third-order valence-corrected chi connectivity index (χ3v) is 2.27. The smallest absolute Gasteiger partial charge is 0.286 e. The fourth-order valence-corrected chi connectivity index (χ4v) is 1.42. The first-order valence-electron chi connectivity index (χ1n) is 6.15. The monoisotopic (exact) mass is 343 g/mol. The van der Waals surface area contributed by atoms with Gasteiger partial charge in [-0.3, -0.25) is 4.79 Å². The number of hydrogen-bond acceptors (Lipinski definition) is 4. The molecule has 0 aliphatic heterocycles. The molecule has 1 heterocycles. The Morgan fingerprint density at radius 1 is 1.36 bits per heavy atom. The van der Waals surface area contributed by atoms with Crippen molar-refractivity contribution in [3.8, 4) is 12.0 Å². The highest BCUT2D eigenvalue weighted by Crippen LogP contribution is 2.12. The molecule has 0 saturated carbocycles. The van der Waals surface area contributed by atoms with Gasteiger partial charge in [-0.25, -0.2) is 9.97 Å². The summed E-state index contributed by atoms with van der Waals surface area (Å²) in [6, 6.07) is 5.74. The first-order chi connectivity index (χ1) is 9.58. The average molecular weight is 344 g/mol.